The van der Waals surface area contributed by atoms with E-state index >= 15 is 0 Å². The van der Waals surface area contributed by atoms with Crippen LogP contribution in [-0.2, 0) is 4.79 Å². The Morgan fingerprint density at radius 2 is 1.72 bits per heavy atom. The molecule has 0 bridgehead atoms. The number of benzene rings is 3. The van der Waals surface area contributed by atoms with Gasteiger partial charge >= 0.3 is 6.03 Å². The molecular formula is C26H21ClN2O3. The van der Waals surface area contributed by atoms with E-state index < -0.39 is 5.54 Å². The van der Waals surface area contributed by atoms with Crippen molar-refractivity contribution in [3.63, 3.8) is 0 Å². The lowest BCUT2D eigenvalue weighted by Crippen LogP contribution is -2.46. The first-order valence-corrected chi connectivity index (χ1v) is 11.1. The Kier molecular flexibility index (Phi) is 4.14. The Hall–Kier alpha value is -3.31. The summed E-state index contributed by atoms with van der Waals surface area (Å²) in [6.07, 6.45) is 0. The number of hydrogen-bond acceptors (Lipinski definition) is 3. The fourth-order valence-electron chi connectivity index (χ4n) is 5.88. The van der Waals surface area contributed by atoms with Crippen LogP contribution in [0.1, 0.15) is 30.0 Å². The molecule has 3 aromatic carbocycles. The molecule has 160 valence electrons. The lowest BCUT2D eigenvalue weighted by molar-refractivity contribution is -0.124. The zero-order chi connectivity index (χ0) is 22.0. The average Bonchev–Trinajstić information content (AvgIpc) is 3.19. The molecule has 6 rings (SSSR count). The van der Waals surface area contributed by atoms with Gasteiger partial charge in [-0.1, -0.05) is 66.2 Å². The standard InChI is InChI=1S/C26H21ClN2O3/c1-26-22(16-8-3-2-4-9-16)20-15-32-21-13-6-5-12-19(21)23(20)29(26)25(31)28(24(26)30)18-11-7-10-17(27)14-18/h2-14,20,22-23H,15H2,1H3/t20-,22-,23-,26-/m1/s1. The third-order valence-electron chi connectivity index (χ3n) is 7.15. The number of halogens is 1. The molecule has 2 fully saturated rings. The van der Waals surface area contributed by atoms with Crippen molar-refractivity contribution in [2.24, 2.45) is 5.92 Å². The van der Waals surface area contributed by atoms with Gasteiger partial charge in [0.25, 0.3) is 5.91 Å². The molecule has 5 nitrogen and oxygen atoms in total. The second kappa shape index (κ2) is 6.84. The lowest BCUT2D eigenvalue weighted by atomic mass is 9.73. The van der Waals surface area contributed by atoms with Gasteiger partial charge in [-0.15, -0.1) is 0 Å². The van der Waals surface area contributed by atoms with E-state index in [0.717, 1.165) is 16.9 Å². The summed E-state index contributed by atoms with van der Waals surface area (Å²) in [5.74, 6) is 0.297. The van der Waals surface area contributed by atoms with Gasteiger partial charge in [0.2, 0.25) is 0 Å². The molecule has 0 aromatic heterocycles. The van der Waals surface area contributed by atoms with Crippen LogP contribution in [0.3, 0.4) is 0 Å². The largest absolute Gasteiger partial charge is 0.493 e. The zero-order valence-electron chi connectivity index (χ0n) is 17.4. The molecule has 3 heterocycles. The third kappa shape index (κ3) is 2.46. The molecule has 0 unspecified atom stereocenters. The van der Waals surface area contributed by atoms with Crippen molar-refractivity contribution < 1.29 is 14.3 Å². The van der Waals surface area contributed by atoms with Crippen LogP contribution in [-0.4, -0.2) is 29.0 Å². The highest BCUT2D eigenvalue weighted by molar-refractivity contribution is 6.31. The van der Waals surface area contributed by atoms with E-state index in [4.69, 9.17) is 16.3 Å². The monoisotopic (exact) mass is 444 g/mol. The number of urea groups is 1. The van der Waals surface area contributed by atoms with E-state index in [0.29, 0.717) is 17.3 Å². The number of rotatable bonds is 2. The maximum atomic E-state index is 14.0. The number of para-hydroxylation sites is 1. The maximum Gasteiger partial charge on any atom is 0.332 e. The molecule has 0 saturated carbocycles. The van der Waals surface area contributed by atoms with Gasteiger partial charge in [0.05, 0.1) is 18.3 Å². The molecule has 3 aliphatic heterocycles. The smallest absolute Gasteiger partial charge is 0.332 e. The van der Waals surface area contributed by atoms with Crippen molar-refractivity contribution in [3.05, 3.63) is 95.0 Å². The second-order valence-corrected chi connectivity index (χ2v) is 9.20. The fourth-order valence-corrected chi connectivity index (χ4v) is 6.06. The summed E-state index contributed by atoms with van der Waals surface area (Å²) >= 11 is 6.20. The summed E-state index contributed by atoms with van der Waals surface area (Å²) in [5.41, 5.74) is 1.43. The first kappa shape index (κ1) is 19.4. The quantitative estimate of drug-likeness (QED) is 0.496. The van der Waals surface area contributed by atoms with Gasteiger partial charge < -0.3 is 9.64 Å². The molecule has 4 atom stereocenters. The Morgan fingerprint density at radius 3 is 2.50 bits per heavy atom. The Balaban J connectivity index is 1.57. The van der Waals surface area contributed by atoms with Crippen LogP contribution in [0, 0.1) is 5.92 Å². The van der Waals surface area contributed by atoms with Crippen LogP contribution in [0.2, 0.25) is 5.02 Å². The first-order chi connectivity index (χ1) is 15.5. The SMILES string of the molecule is C[C@@]12C(=O)N(c3cccc(Cl)c3)C(=O)N1[C@@H]1c3ccccc3OC[C@@H]1[C@H]2c1ccccc1. The summed E-state index contributed by atoms with van der Waals surface area (Å²) in [6.45, 7) is 2.35. The van der Waals surface area contributed by atoms with Gasteiger partial charge in [0.1, 0.15) is 11.3 Å². The van der Waals surface area contributed by atoms with Gasteiger partial charge in [0.15, 0.2) is 0 Å². The number of hydrogen-bond donors (Lipinski definition) is 0. The number of nitrogens with zero attached hydrogens (tertiary/aromatic N) is 2. The topological polar surface area (TPSA) is 49.9 Å². The van der Waals surface area contributed by atoms with Crippen molar-refractivity contribution in [1.29, 1.82) is 0 Å². The molecule has 0 spiro atoms. The number of ether oxygens (including phenoxy) is 1. The summed E-state index contributed by atoms with van der Waals surface area (Å²) in [6, 6.07) is 24.1. The summed E-state index contributed by atoms with van der Waals surface area (Å²) < 4.78 is 6.12. The highest BCUT2D eigenvalue weighted by atomic mass is 35.5. The van der Waals surface area contributed by atoms with E-state index in [2.05, 4.69) is 0 Å². The number of imide groups is 1. The van der Waals surface area contributed by atoms with Gasteiger partial charge in [0, 0.05) is 22.4 Å². The van der Waals surface area contributed by atoms with Crippen LogP contribution < -0.4 is 9.64 Å². The van der Waals surface area contributed by atoms with E-state index in [9.17, 15) is 9.59 Å². The predicted octanol–water partition coefficient (Wildman–Crippen LogP) is 5.41. The van der Waals surface area contributed by atoms with E-state index in [1.807, 2.05) is 61.5 Å². The Bertz CT molecular complexity index is 1250. The normalized spacial score (nSPS) is 28.2. The first-order valence-electron chi connectivity index (χ1n) is 10.7. The molecule has 0 N–H and O–H groups in total. The minimum absolute atomic E-state index is 0.0355. The van der Waals surface area contributed by atoms with Crippen LogP contribution in [0.5, 0.6) is 5.75 Å². The minimum Gasteiger partial charge on any atom is -0.493 e. The number of anilines is 1. The number of amides is 3. The predicted molar refractivity (Wildman–Crippen MR) is 122 cm³/mol. The summed E-state index contributed by atoms with van der Waals surface area (Å²) in [7, 11) is 0. The van der Waals surface area contributed by atoms with Gasteiger partial charge in [-0.2, -0.15) is 0 Å². The van der Waals surface area contributed by atoms with Gasteiger partial charge in [-0.05, 0) is 36.8 Å². The van der Waals surface area contributed by atoms with Gasteiger partial charge in [-0.25, -0.2) is 9.69 Å². The Morgan fingerprint density at radius 1 is 0.969 bits per heavy atom. The number of fused-ring (bicyclic) bond motifs is 5. The molecule has 2 saturated heterocycles. The highest BCUT2D eigenvalue weighted by Crippen LogP contribution is 2.61. The van der Waals surface area contributed by atoms with Crippen molar-refractivity contribution in [3.8, 4) is 5.75 Å². The van der Waals surface area contributed by atoms with Crippen LogP contribution in [0.15, 0.2) is 78.9 Å². The maximum absolute atomic E-state index is 14.0. The van der Waals surface area contributed by atoms with Crippen LogP contribution >= 0.6 is 11.6 Å². The van der Waals surface area contributed by atoms with E-state index in [-0.39, 0.29) is 29.8 Å². The average molecular weight is 445 g/mol. The van der Waals surface area contributed by atoms with Crippen LogP contribution in [0.4, 0.5) is 10.5 Å². The molecule has 3 aliphatic rings. The summed E-state index contributed by atoms with van der Waals surface area (Å²) in [4.78, 5) is 31.0. The number of carbonyl (C=O) groups excluding carboxylic acids is 2. The van der Waals surface area contributed by atoms with Crippen molar-refractivity contribution in [2.45, 2.75) is 24.4 Å². The van der Waals surface area contributed by atoms with Crippen LogP contribution in [0.25, 0.3) is 0 Å². The highest BCUT2D eigenvalue weighted by Gasteiger charge is 2.70. The van der Waals surface area contributed by atoms with E-state index in [1.54, 1.807) is 29.2 Å². The fraction of sp³-hybridized carbons (Fsp3) is 0.231. The second-order valence-electron chi connectivity index (χ2n) is 8.77. The molecule has 0 aliphatic carbocycles. The molecule has 6 heteroatoms. The summed E-state index contributed by atoms with van der Waals surface area (Å²) in [5, 5.41) is 0.481. The lowest BCUT2D eigenvalue weighted by Gasteiger charge is -2.34. The van der Waals surface area contributed by atoms with Crippen molar-refractivity contribution in [1.82, 2.24) is 4.90 Å². The van der Waals surface area contributed by atoms with E-state index in [1.165, 1.54) is 4.90 Å². The molecular weight excluding hydrogens is 424 g/mol. The minimum atomic E-state index is -1.04. The Labute approximate surface area is 191 Å². The third-order valence-corrected chi connectivity index (χ3v) is 7.38. The van der Waals surface area contributed by atoms with Crippen molar-refractivity contribution >= 4 is 29.2 Å². The molecule has 0 radical (unpaired) electrons. The zero-order valence-corrected chi connectivity index (χ0v) is 18.2. The number of carbonyl (C=O) groups is 2. The molecule has 3 amide bonds. The molecule has 3 aromatic rings. The van der Waals surface area contributed by atoms with Gasteiger partial charge in [-0.3, -0.25) is 4.79 Å². The molecule has 32 heavy (non-hydrogen) atoms. The van der Waals surface area contributed by atoms with Crippen molar-refractivity contribution in [2.75, 3.05) is 11.5 Å².